The summed E-state index contributed by atoms with van der Waals surface area (Å²) in [7, 11) is 1.71. The van der Waals surface area contributed by atoms with Gasteiger partial charge in [-0.3, -0.25) is 0 Å². The van der Waals surface area contributed by atoms with Crippen molar-refractivity contribution in [2.45, 2.75) is 12.8 Å². The Hall–Kier alpha value is -2.81. The molecular weight excluding hydrogens is 782 g/mol. The highest BCUT2D eigenvalue weighted by molar-refractivity contribution is 5.79. The molecular formula is C44H71NO15. The molecule has 0 saturated heterocycles. The lowest BCUT2D eigenvalue weighted by atomic mass is 9.98. The standard InChI is InChI=1S/C44H71NO15/c1-3-47-14-15-49-18-19-51-22-23-53-26-27-55-30-31-57-34-35-59-37-36-58-33-32-56-29-28-54-25-24-52-21-20-50-17-16-48-13-12-45(2)44(46)60-38-43-41-10-6-4-8-39(41)40-9-5-7-11-42(40)43/h4-11,43H,3,12-38H2,1-2H3. The smallest absolute Gasteiger partial charge is 0.409 e. The summed E-state index contributed by atoms with van der Waals surface area (Å²) < 4.78 is 76.9. The molecule has 0 atom stereocenters. The molecule has 1 aliphatic carbocycles. The van der Waals surface area contributed by atoms with E-state index in [9.17, 15) is 4.79 Å². The Morgan fingerprint density at radius 2 is 0.683 bits per heavy atom. The van der Waals surface area contributed by atoms with Crippen molar-refractivity contribution >= 4 is 6.09 Å². The Kier molecular flexibility index (Phi) is 31.6. The average molecular weight is 854 g/mol. The average Bonchev–Trinajstić information content (AvgIpc) is 3.59. The monoisotopic (exact) mass is 853 g/mol. The zero-order chi connectivity index (χ0) is 42.4. The SMILES string of the molecule is CCOCCOCCOCCOCCOCCOCCOCCOCCOCCOCCOCCOCCOCCN(C)C(=O)OCC1c2ccccc2-c2ccccc21. The van der Waals surface area contributed by atoms with E-state index in [4.69, 9.17) is 66.3 Å². The van der Waals surface area contributed by atoms with Crippen LogP contribution in [0.3, 0.4) is 0 Å². The highest BCUT2D eigenvalue weighted by Crippen LogP contribution is 2.44. The van der Waals surface area contributed by atoms with E-state index in [1.54, 1.807) is 7.05 Å². The summed E-state index contributed by atoms with van der Waals surface area (Å²) in [4.78, 5) is 14.2. The van der Waals surface area contributed by atoms with Crippen molar-refractivity contribution in [2.75, 3.05) is 192 Å². The second kappa shape index (κ2) is 36.8. The summed E-state index contributed by atoms with van der Waals surface area (Å²) in [5.74, 6) is 0.0363. The molecule has 0 saturated carbocycles. The van der Waals surface area contributed by atoms with Gasteiger partial charge in [0.25, 0.3) is 0 Å². The van der Waals surface area contributed by atoms with Crippen molar-refractivity contribution in [1.82, 2.24) is 4.90 Å². The molecule has 0 N–H and O–H groups in total. The summed E-state index contributed by atoms with van der Waals surface area (Å²) in [6, 6.07) is 16.6. The Morgan fingerprint density at radius 3 is 0.983 bits per heavy atom. The van der Waals surface area contributed by atoms with Gasteiger partial charge in [-0.15, -0.1) is 0 Å². The lowest BCUT2D eigenvalue weighted by Crippen LogP contribution is -2.32. The van der Waals surface area contributed by atoms with Crippen LogP contribution in [-0.2, 0) is 66.3 Å². The lowest BCUT2D eigenvalue weighted by Gasteiger charge is -2.19. The molecule has 16 heteroatoms. The van der Waals surface area contributed by atoms with Crippen LogP contribution in [0, 0.1) is 0 Å². The fourth-order valence-electron chi connectivity index (χ4n) is 5.78. The quantitative estimate of drug-likeness (QED) is 0.0882. The molecule has 0 aromatic heterocycles. The number of benzene rings is 2. The number of nitrogens with zero attached hydrogens (tertiary/aromatic N) is 1. The van der Waals surface area contributed by atoms with Crippen LogP contribution in [0.2, 0.25) is 0 Å². The normalized spacial score (nSPS) is 12.2. The van der Waals surface area contributed by atoms with Gasteiger partial charge in [0.2, 0.25) is 0 Å². The van der Waals surface area contributed by atoms with Crippen molar-refractivity contribution in [3.8, 4) is 11.1 Å². The minimum atomic E-state index is -0.366. The molecule has 0 spiro atoms. The minimum Gasteiger partial charge on any atom is -0.448 e. The Labute approximate surface area is 357 Å². The van der Waals surface area contributed by atoms with Crippen LogP contribution in [0.25, 0.3) is 11.1 Å². The van der Waals surface area contributed by atoms with Gasteiger partial charge in [-0.05, 0) is 29.2 Å². The number of carbonyl (C=O) groups is 1. The third kappa shape index (κ3) is 24.6. The first-order valence-electron chi connectivity index (χ1n) is 21.3. The van der Waals surface area contributed by atoms with E-state index < -0.39 is 0 Å². The zero-order valence-electron chi connectivity index (χ0n) is 36.1. The Morgan fingerprint density at radius 1 is 0.417 bits per heavy atom. The van der Waals surface area contributed by atoms with Crippen LogP contribution in [0.1, 0.15) is 24.0 Å². The summed E-state index contributed by atoms with van der Waals surface area (Å²) in [5, 5.41) is 0. The van der Waals surface area contributed by atoms with Gasteiger partial charge in [0.15, 0.2) is 0 Å². The lowest BCUT2D eigenvalue weighted by molar-refractivity contribution is -0.0290. The molecule has 16 nitrogen and oxygen atoms in total. The number of fused-ring (bicyclic) bond motifs is 3. The molecule has 0 heterocycles. The maximum atomic E-state index is 12.6. The van der Waals surface area contributed by atoms with E-state index >= 15 is 0 Å². The van der Waals surface area contributed by atoms with E-state index in [-0.39, 0.29) is 12.0 Å². The van der Waals surface area contributed by atoms with Crippen LogP contribution in [-0.4, -0.2) is 203 Å². The third-order valence-electron chi connectivity index (χ3n) is 8.89. The van der Waals surface area contributed by atoms with E-state index in [0.29, 0.717) is 185 Å². The van der Waals surface area contributed by atoms with Gasteiger partial charge >= 0.3 is 6.09 Å². The van der Waals surface area contributed by atoms with Gasteiger partial charge in [0, 0.05) is 26.1 Å². The number of carbonyl (C=O) groups excluding carboxylic acids is 1. The molecule has 1 amide bonds. The first kappa shape index (κ1) is 51.5. The summed E-state index contributed by atoms with van der Waals surface area (Å²) in [6.07, 6.45) is -0.366. The minimum absolute atomic E-state index is 0.0363. The maximum absolute atomic E-state index is 12.6. The van der Waals surface area contributed by atoms with Crippen molar-refractivity contribution in [3.05, 3.63) is 59.7 Å². The van der Waals surface area contributed by atoms with Gasteiger partial charge in [-0.25, -0.2) is 4.79 Å². The molecule has 0 fully saturated rings. The first-order valence-corrected chi connectivity index (χ1v) is 21.3. The fraction of sp³-hybridized carbons (Fsp3) is 0.705. The molecule has 342 valence electrons. The largest absolute Gasteiger partial charge is 0.448 e. The predicted octanol–water partition coefficient (Wildman–Crippen LogP) is 4.10. The van der Waals surface area contributed by atoms with Gasteiger partial charge in [0.1, 0.15) is 6.61 Å². The zero-order valence-corrected chi connectivity index (χ0v) is 36.1. The van der Waals surface area contributed by atoms with Crippen LogP contribution < -0.4 is 0 Å². The van der Waals surface area contributed by atoms with Crippen molar-refractivity contribution in [2.24, 2.45) is 0 Å². The van der Waals surface area contributed by atoms with Gasteiger partial charge < -0.3 is 71.2 Å². The first-order chi connectivity index (χ1) is 29.7. The van der Waals surface area contributed by atoms with Crippen molar-refractivity contribution in [1.29, 1.82) is 0 Å². The number of rotatable bonds is 42. The Bertz CT molecular complexity index is 1260. The third-order valence-corrected chi connectivity index (χ3v) is 8.89. The van der Waals surface area contributed by atoms with E-state index in [0.717, 1.165) is 0 Å². The fourth-order valence-corrected chi connectivity index (χ4v) is 5.78. The van der Waals surface area contributed by atoms with E-state index in [1.807, 2.05) is 31.2 Å². The van der Waals surface area contributed by atoms with Crippen molar-refractivity contribution < 1.29 is 71.1 Å². The number of ether oxygens (including phenoxy) is 14. The summed E-state index contributed by atoms with van der Waals surface area (Å²) in [5.41, 5.74) is 4.79. The Balaban J connectivity index is 0.940. The number of hydrogen-bond donors (Lipinski definition) is 0. The van der Waals surface area contributed by atoms with Crippen LogP contribution in [0.15, 0.2) is 48.5 Å². The molecule has 0 unspecified atom stereocenters. The number of amides is 1. The van der Waals surface area contributed by atoms with E-state index in [2.05, 4.69) is 24.3 Å². The molecule has 2 aromatic rings. The number of hydrogen-bond acceptors (Lipinski definition) is 15. The van der Waals surface area contributed by atoms with Crippen LogP contribution in [0.5, 0.6) is 0 Å². The molecule has 0 bridgehead atoms. The van der Waals surface area contributed by atoms with Gasteiger partial charge in [-0.2, -0.15) is 0 Å². The van der Waals surface area contributed by atoms with Gasteiger partial charge in [0.05, 0.1) is 165 Å². The van der Waals surface area contributed by atoms with Gasteiger partial charge in [-0.1, -0.05) is 48.5 Å². The molecule has 0 aliphatic heterocycles. The summed E-state index contributed by atoms with van der Waals surface area (Å²) >= 11 is 0. The highest BCUT2D eigenvalue weighted by Gasteiger charge is 2.29. The van der Waals surface area contributed by atoms with Crippen LogP contribution in [0.4, 0.5) is 4.79 Å². The maximum Gasteiger partial charge on any atom is 0.409 e. The molecule has 3 rings (SSSR count). The molecule has 0 radical (unpaired) electrons. The number of likely N-dealkylation sites (N-methyl/N-ethyl adjacent to an activating group) is 1. The molecule has 1 aliphatic rings. The molecule has 2 aromatic carbocycles. The van der Waals surface area contributed by atoms with Crippen molar-refractivity contribution in [3.63, 3.8) is 0 Å². The highest BCUT2D eigenvalue weighted by atomic mass is 16.6. The second-order valence-electron chi connectivity index (χ2n) is 13.3. The molecule has 60 heavy (non-hydrogen) atoms. The summed E-state index contributed by atoms with van der Waals surface area (Å²) in [6.45, 7) is 15.9. The second-order valence-corrected chi connectivity index (χ2v) is 13.3. The predicted molar refractivity (Wildman–Crippen MR) is 224 cm³/mol. The topological polar surface area (TPSA) is 150 Å². The van der Waals surface area contributed by atoms with Crippen LogP contribution >= 0.6 is 0 Å². The van der Waals surface area contributed by atoms with E-state index in [1.165, 1.54) is 27.2 Å².